The number of carbonyl (C=O) groups is 1. The first-order valence-corrected chi connectivity index (χ1v) is 14.2. The topological polar surface area (TPSA) is 50.6 Å². The minimum atomic E-state index is -1.40. The third-order valence-corrected chi connectivity index (χ3v) is 7.49. The van der Waals surface area contributed by atoms with E-state index in [0.29, 0.717) is 12.0 Å². The smallest absolute Gasteiger partial charge is 0.338 e. The van der Waals surface area contributed by atoms with Crippen molar-refractivity contribution in [1.82, 2.24) is 14.5 Å². The zero-order valence-corrected chi connectivity index (χ0v) is 23.1. The van der Waals surface area contributed by atoms with E-state index in [9.17, 15) is 4.79 Å². The van der Waals surface area contributed by atoms with Gasteiger partial charge in [0.2, 0.25) is 5.95 Å². The Morgan fingerprint density at radius 2 is 1.77 bits per heavy atom. The second-order valence-electron chi connectivity index (χ2n) is 10.9. The second kappa shape index (κ2) is 12.2. The number of anilines is 1. The van der Waals surface area contributed by atoms with Crippen molar-refractivity contribution in [1.29, 1.82) is 0 Å². The van der Waals surface area contributed by atoms with Crippen molar-refractivity contribution in [2.75, 3.05) is 37.6 Å². The maximum Gasteiger partial charge on any atom is 0.338 e. The first-order valence-electron chi connectivity index (χ1n) is 14.2. The van der Waals surface area contributed by atoms with E-state index in [1.165, 1.54) is 5.56 Å². The number of allylic oxidation sites excluding steroid dienone is 4. The molecule has 1 aliphatic carbocycles. The molecule has 0 radical (unpaired) electrons. The number of carbonyl (C=O) groups excluding carboxylic acids is 1. The van der Waals surface area contributed by atoms with E-state index in [0.717, 1.165) is 69.0 Å². The van der Waals surface area contributed by atoms with E-state index < -0.39 is 5.67 Å². The molecular weight excluding hydrogens is 491 g/mol. The van der Waals surface area contributed by atoms with Crippen molar-refractivity contribution >= 4 is 23.0 Å². The van der Waals surface area contributed by atoms with Gasteiger partial charge in [0.15, 0.2) is 5.67 Å². The quantitative estimate of drug-likeness (QED) is 0.336. The zero-order valence-electron chi connectivity index (χ0n) is 23.1. The van der Waals surface area contributed by atoms with Gasteiger partial charge in [-0.25, -0.2) is 14.2 Å². The molecule has 1 unspecified atom stereocenters. The van der Waals surface area contributed by atoms with Crippen LogP contribution in [0.5, 0.6) is 0 Å². The van der Waals surface area contributed by atoms with Gasteiger partial charge < -0.3 is 19.1 Å². The summed E-state index contributed by atoms with van der Waals surface area (Å²) >= 11 is 0. The summed E-state index contributed by atoms with van der Waals surface area (Å²) in [4.78, 5) is 21.9. The summed E-state index contributed by atoms with van der Waals surface area (Å²) in [6.45, 7) is 8.77. The molecule has 1 aromatic heterocycles. The van der Waals surface area contributed by atoms with Crippen LogP contribution in [0.15, 0.2) is 72.8 Å². The monoisotopic (exact) mass is 530 g/mol. The Balaban J connectivity index is 1.20. The second-order valence-corrected chi connectivity index (χ2v) is 10.9. The summed E-state index contributed by atoms with van der Waals surface area (Å²) in [5, 5.41) is 0. The number of aromatic nitrogens is 2. The van der Waals surface area contributed by atoms with Crippen LogP contribution >= 0.6 is 0 Å². The average Bonchev–Trinajstić information content (AvgIpc) is 3.26. The molecule has 1 atom stereocenters. The molecule has 39 heavy (non-hydrogen) atoms. The highest BCUT2D eigenvalue weighted by atomic mass is 19.1. The minimum absolute atomic E-state index is 0.119. The lowest BCUT2D eigenvalue weighted by Gasteiger charge is -2.32. The fourth-order valence-electron chi connectivity index (χ4n) is 5.47. The normalized spacial score (nSPS) is 20.4. The Labute approximate surface area is 230 Å². The molecule has 0 bridgehead atoms. The largest absolute Gasteiger partial charge is 0.459 e. The fourth-order valence-corrected chi connectivity index (χ4v) is 5.47. The average molecular weight is 531 g/mol. The zero-order chi connectivity index (χ0) is 27.2. The van der Waals surface area contributed by atoms with Crippen LogP contribution in [0, 0.1) is 0 Å². The van der Waals surface area contributed by atoms with Gasteiger partial charge in [0.1, 0.15) is 0 Å². The standard InChI is InChI=1S/C32H39FN4O2/c1-25(2)39-30(38)27-14-12-26(13-15-27)16-23-35-19-8-21-36(22-9-20-35)31-34-28-10-4-5-11-29(28)37(31)24-32(33)17-6-3-7-18-32/h3-7,10-15,17,25H,8-9,16,18-24H2,1-2H3. The van der Waals surface area contributed by atoms with Gasteiger partial charge in [-0.2, -0.15) is 0 Å². The minimum Gasteiger partial charge on any atom is -0.459 e. The van der Waals surface area contributed by atoms with Crippen LogP contribution in [0.2, 0.25) is 0 Å². The first-order chi connectivity index (χ1) is 18.9. The van der Waals surface area contributed by atoms with Crippen molar-refractivity contribution in [3.05, 3.63) is 84.0 Å². The van der Waals surface area contributed by atoms with Crippen LogP contribution in [0.25, 0.3) is 11.0 Å². The number of hydrogen-bond donors (Lipinski definition) is 0. The molecular formula is C32H39FN4O2. The van der Waals surface area contributed by atoms with Gasteiger partial charge in [-0.05, 0) is 82.1 Å². The summed E-state index contributed by atoms with van der Waals surface area (Å²) < 4.78 is 23.1. The lowest BCUT2D eigenvalue weighted by atomic mass is 9.97. The van der Waals surface area contributed by atoms with Gasteiger partial charge in [-0.3, -0.25) is 0 Å². The summed E-state index contributed by atoms with van der Waals surface area (Å²) in [7, 11) is 0. The number of alkyl halides is 1. The summed E-state index contributed by atoms with van der Waals surface area (Å²) in [5.74, 6) is 0.604. The van der Waals surface area contributed by atoms with E-state index in [-0.39, 0.29) is 18.6 Å². The first kappa shape index (κ1) is 27.1. The van der Waals surface area contributed by atoms with Crippen molar-refractivity contribution in [2.45, 2.75) is 57.8 Å². The number of para-hydroxylation sites is 2. The molecule has 1 aliphatic heterocycles. The lowest BCUT2D eigenvalue weighted by Crippen LogP contribution is -2.39. The van der Waals surface area contributed by atoms with Crippen LogP contribution in [0.4, 0.5) is 10.3 Å². The Hall–Kier alpha value is -3.45. The fraction of sp³-hybridized carbons (Fsp3) is 0.438. The highest BCUT2D eigenvalue weighted by molar-refractivity contribution is 5.89. The number of esters is 1. The van der Waals surface area contributed by atoms with Crippen LogP contribution in [-0.4, -0.2) is 64.9 Å². The molecule has 2 aliphatic rings. The molecule has 0 amide bonds. The Bertz CT molecular complexity index is 1320. The molecule has 1 fully saturated rings. The predicted molar refractivity (Wildman–Crippen MR) is 155 cm³/mol. The van der Waals surface area contributed by atoms with E-state index in [2.05, 4.69) is 14.4 Å². The van der Waals surface area contributed by atoms with Gasteiger partial charge >= 0.3 is 5.97 Å². The number of fused-ring (bicyclic) bond motifs is 1. The van der Waals surface area contributed by atoms with Crippen molar-refractivity contribution in [3.8, 4) is 0 Å². The van der Waals surface area contributed by atoms with Crippen LogP contribution in [0.3, 0.4) is 0 Å². The highest BCUT2D eigenvalue weighted by Crippen LogP contribution is 2.31. The highest BCUT2D eigenvalue weighted by Gasteiger charge is 2.30. The van der Waals surface area contributed by atoms with Crippen molar-refractivity contribution in [3.63, 3.8) is 0 Å². The van der Waals surface area contributed by atoms with Crippen LogP contribution in [-0.2, 0) is 17.7 Å². The summed E-state index contributed by atoms with van der Waals surface area (Å²) in [6.07, 6.45) is 10.6. The maximum atomic E-state index is 15.7. The third-order valence-electron chi connectivity index (χ3n) is 7.49. The van der Waals surface area contributed by atoms with Crippen LogP contribution in [0.1, 0.15) is 49.0 Å². The number of hydrogen-bond acceptors (Lipinski definition) is 5. The van der Waals surface area contributed by atoms with Gasteiger partial charge in [0.05, 0.1) is 29.2 Å². The third kappa shape index (κ3) is 6.77. The van der Waals surface area contributed by atoms with Gasteiger partial charge in [0, 0.05) is 26.1 Å². The summed E-state index contributed by atoms with van der Waals surface area (Å²) in [5.41, 5.74) is 2.32. The molecule has 1 saturated heterocycles. The van der Waals surface area contributed by atoms with Gasteiger partial charge in [-0.15, -0.1) is 0 Å². The number of halogens is 1. The van der Waals surface area contributed by atoms with Crippen molar-refractivity contribution < 1.29 is 13.9 Å². The predicted octanol–water partition coefficient (Wildman–Crippen LogP) is 5.97. The van der Waals surface area contributed by atoms with Gasteiger partial charge in [-0.1, -0.05) is 42.5 Å². The summed E-state index contributed by atoms with van der Waals surface area (Å²) in [6, 6.07) is 15.8. The van der Waals surface area contributed by atoms with E-state index in [4.69, 9.17) is 9.72 Å². The van der Waals surface area contributed by atoms with Gasteiger partial charge in [0.25, 0.3) is 0 Å². The van der Waals surface area contributed by atoms with E-state index >= 15 is 4.39 Å². The SMILES string of the molecule is CC(C)OC(=O)c1ccc(CCN2CCCN(c3nc4ccccc4n3CC3(F)C=CC=CC3)CCC2)cc1. The molecule has 2 heterocycles. The number of rotatable bonds is 8. The van der Waals surface area contributed by atoms with Crippen molar-refractivity contribution in [2.24, 2.45) is 0 Å². The number of benzene rings is 2. The number of ether oxygens (including phenoxy) is 1. The Kier molecular flexibility index (Phi) is 8.46. The molecule has 0 spiro atoms. The lowest BCUT2D eigenvalue weighted by molar-refractivity contribution is 0.0378. The van der Waals surface area contributed by atoms with E-state index in [1.54, 1.807) is 6.08 Å². The number of imidazole rings is 1. The Morgan fingerprint density at radius 1 is 1.03 bits per heavy atom. The Morgan fingerprint density at radius 3 is 2.46 bits per heavy atom. The van der Waals surface area contributed by atoms with Crippen LogP contribution < -0.4 is 4.90 Å². The molecule has 2 aromatic carbocycles. The molecule has 6 nitrogen and oxygen atoms in total. The number of nitrogens with zero attached hydrogens (tertiary/aromatic N) is 4. The molecule has 0 N–H and O–H groups in total. The molecule has 3 aromatic rings. The molecule has 7 heteroatoms. The van der Waals surface area contributed by atoms with E-state index in [1.807, 2.05) is 80.6 Å². The molecule has 0 saturated carbocycles. The molecule has 5 rings (SSSR count). The molecule has 206 valence electrons. The maximum absolute atomic E-state index is 15.7.